The number of carbonyl (C=O) groups is 1. The molecule has 0 amide bonds. The first kappa shape index (κ1) is 18.9. The Balaban J connectivity index is 1.74. The van der Waals surface area contributed by atoms with Gasteiger partial charge in [-0.3, -0.25) is 9.69 Å². The molecule has 0 radical (unpaired) electrons. The van der Waals surface area contributed by atoms with E-state index in [4.69, 9.17) is 9.47 Å². The monoisotopic (exact) mass is 398 g/mol. The van der Waals surface area contributed by atoms with E-state index in [0.29, 0.717) is 18.4 Å². The highest BCUT2D eigenvalue weighted by Crippen LogP contribution is 2.55. The quantitative estimate of drug-likeness (QED) is 0.758. The third-order valence-corrected chi connectivity index (χ3v) is 7.43. The molecule has 6 heteroatoms. The number of aromatic nitrogens is 1. The lowest BCUT2D eigenvalue weighted by atomic mass is 9.56. The standard InChI is InChI=1S/C23H30N2O4/c1-3-29-22(27)23-12-14-10-15(7-9-26)21(23)25(13-14)8-6-17-18-11-16(28-2)4-5-19(18)24-20(17)23/h4-5,11,14-15,21,24,26H,3,6-10,12-13H2,1-2H3. The van der Waals surface area contributed by atoms with Crippen molar-refractivity contribution in [2.45, 2.75) is 44.1 Å². The summed E-state index contributed by atoms with van der Waals surface area (Å²) in [5, 5.41) is 10.9. The van der Waals surface area contributed by atoms with Gasteiger partial charge in [0.2, 0.25) is 0 Å². The number of aromatic amines is 1. The van der Waals surface area contributed by atoms with Gasteiger partial charge in [-0.25, -0.2) is 0 Å². The van der Waals surface area contributed by atoms with Gasteiger partial charge in [-0.2, -0.15) is 0 Å². The fourth-order valence-electron chi connectivity index (χ4n) is 6.55. The molecule has 1 aromatic heterocycles. The molecule has 6 nitrogen and oxygen atoms in total. The fourth-order valence-corrected chi connectivity index (χ4v) is 6.55. The lowest BCUT2D eigenvalue weighted by molar-refractivity contribution is -0.165. The average Bonchev–Trinajstić information content (AvgIpc) is 3.06. The summed E-state index contributed by atoms with van der Waals surface area (Å²) in [5.74, 6) is 1.48. The van der Waals surface area contributed by atoms with Crippen LogP contribution in [-0.2, 0) is 21.4 Å². The minimum Gasteiger partial charge on any atom is -0.497 e. The summed E-state index contributed by atoms with van der Waals surface area (Å²) in [6, 6.07) is 6.17. The number of ether oxygens (including phenoxy) is 2. The highest BCUT2D eigenvalue weighted by molar-refractivity contribution is 5.92. The third kappa shape index (κ3) is 2.65. The molecule has 156 valence electrons. The Bertz CT molecular complexity index is 938. The first-order valence-electron chi connectivity index (χ1n) is 10.8. The van der Waals surface area contributed by atoms with Crippen LogP contribution in [0.2, 0.25) is 0 Å². The van der Waals surface area contributed by atoms with E-state index < -0.39 is 5.41 Å². The van der Waals surface area contributed by atoms with Crippen molar-refractivity contribution in [3.05, 3.63) is 29.5 Å². The van der Waals surface area contributed by atoms with E-state index in [-0.39, 0.29) is 18.6 Å². The summed E-state index contributed by atoms with van der Waals surface area (Å²) in [4.78, 5) is 19.8. The average molecular weight is 399 g/mol. The Morgan fingerprint density at radius 2 is 2.28 bits per heavy atom. The number of methoxy groups -OCH3 is 1. The SMILES string of the molecule is CCOC(=O)C12CC3CC(CCO)C1N(CCc1c2[nH]c2ccc(OC)cc12)C3. The van der Waals surface area contributed by atoms with Crippen LogP contribution in [0.5, 0.6) is 5.75 Å². The largest absolute Gasteiger partial charge is 0.497 e. The van der Waals surface area contributed by atoms with Crippen LogP contribution in [0.3, 0.4) is 0 Å². The number of piperidine rings is 2. The van der Waals surface area contributed by atoms with Gasteiger partial charge >= 0.3 is 5.97 Å². The second-order valence-electron chi connectivity index (χ2n) is 8.85. The number of hydrogen-bond acceptors (Lipinski definition) is 5. The highest BCUT2D eigenvalue weighted by Gasteiger charge is 2.63. The molecule has 4 aliphatic rings. The van der Waals surface area contributed by atoms with Crippen LogP contribution < -0.4 is 4.74 Å². The number of aliphatic hydroxyl groups is 1. The maximum atomic E-state index is 13.6. The number of aliphatic hydroxyl groups excluding tert-OH is 1. The van der Waals surface area contributed by atoms with Crippen LogP contribution in [0, 0.1) is 11.8 Å². The summed E-state index contributed by atoms with van der Waals surface area (Å²) in [6.07, 6.45) is 3.55. The molecular formula is C23H30N2O4. The van der Waals surface area contributed by atoms with Crippen molar-refractivity contribution < 1.29 is 19.4 Å². The summed E-state index contributed by atoms with van der Waals surface area (Å²) in [5.41, 5.74) is 2.63. The molecule has 1 aromatic carbocycles. The second kappa shape index (κ2) is 7.03. The van der Waals surface area contributed by atoms with Crippen molar-refractivity contribution in [1.29, 1.82) is 0 Å². The first-order valence-corrected chi connectivity index (χ1v) is 10.8. The van der Waals surface area contributed by atoms with Gasteiger partial charge in [0.1, 0.15) is 11.2 Å². The number of rotatable bonds is 5. The molecule has 2 N–H and O–H groups in total. The minimum atomic E-state index is -0.685. The summed E-state index contributed by atoms with van der Waals surface area (Å²) < 4.78 is 11.2. The van der Waals surface area contributed by atoms with Crippen LogP contribution in [0.25, 0.3) is 10.9 Å². The molecule has 2 aromatic rings. The minimum absolute atomic E-state index is 0.0786. The predicted octanol–water partition coefficient (Wildman–Crippen LogP) is 2.63. The van der Waals surface area contributed by atoms with Gasteiger partial charge in [0.25, 0.3) is 0 Å². The Kier molecular flexibility index (Phi) is 4.59. The molecule has 3 fully saturated rings. The Hall–Kier alpha value is -2.05. The number of fused-ring (bicyclic) bond motifs is 4. The van der Waals surface area contributed by atoms with Gasteiger partial charge in [0.05, 0.1) is 13.7 Å². The molecule has 3 aliphatic heterocycles. The molecule has 4 heterocycles. The van der Waals surface area contributed by atoms with Gasteiger partial charge in [-0.15, -0.1) is 0 Å². The van der Waals surface area contributed by atoms with Crippen LogP contribution in [0.15, 0.2) is 18.2 Å². The number of nitrogens with zero attached hydrogens (tertiary/aromatic N) is 1. The van der Waals surface area contributed by atoms with E-state index in [2.05, 4.69) is 16.0 Å². The van der Waals surface area contributed by atoms with Crippen molar-refractivity contribution in [1.82, 2.24) is 9.88 Å². The molecule has 4 bridgehead atoms. The number of carbonyl (C=O) groups excluding carboxylic acids is 1. The molecule has 1 aliphatic carbocycles. The van der Waals surface area contributed by atoms with Crippen LogP contribution in [0.4, 0.5) is 0 Å². The van der Waals surface area contributed by atoms with Crippen molar-refractivity contribution in [2.75, 3.05) is 33.4 Å². The number of nitrogens with one attached hydrogen (secondary N) is 1. The Morgan fingerprint density at radius 1 is 1.41 bits per heavy atom. The molecule has 6 rings (SSSR count). The third-order valence-electron chi connectivity index (χ3n) is 7.43. The zero-order chi connectivity index (χ0) is 20.2. The normalized spacial score (nSPS) is 32.7. The van der Waals surface area contributed by atoms with Crippen molar-refractivity contribution in [3.63, 3.8) is 0 Å². The molecule has 5 unspecified atom stereocenters. The Labute approximate surface area is 171 Å². The van der Waals surface area contributed by atoms with Crippen LogP contribution in [0.1, 0.15) is 37.4 Å². The zero-order valence-electron chi connectivity index (χ0n) is 17.2. The summed E-state index contributed by atoms with van der Waals surface area (Å²) in [7, 11) is 1.68. The van der Waals surface area contributed by atoms with Gasteiger partial charge in [0, 0.05) is 42.3 Å². The van der Waals surface area contributed by atoms with Crippen molar-refractivity contribution in [3.8, 4) is 5.75 Å². The zero-order valence-corrected chi connectivity index (χ0v) is 17.2. The van der Waals surface area contributed by atoms with Crippen LogP contribution in [-0.4, -0.2) is 60.4 Å². The molecule has 2 saturated heterocycles. The molecule has 1 saturated carbocycles. The van der Waals surface area contributed by atoms with Gasteiger partial charge in [0.15, 0.2) is 0 Å². The van der Waals surface area contributed by atoms with E-state index in [0.717, 1.165) is 61.1 Å². The van der Waals surface area contributed by atoms with E-state index in [9.17, 15) is 9.90 Å². The fraction of sp³-hybridized carbons (Fsp3) is 0.609. The highest BCUT2D eigenvalue weighted by atomic mass is 16.5. The lowest BCUT2D eigenvalue weighted by Gasteiger charge is -2.58. The van der Waals surface area contributed by atoms with E-state index >= 15 is 0 Å². The molecule has 5 atom stereocenters. The van der Waals surface area contributed by atoms with Gasteiger partial charge in [-0.05, 0) is 68.2 Å². The van der Waals surface area contributed by atoms with Crippen molar-refractivity contribution >= 4 is 16.9 Å². The van der Waals surface area contributed by atoms with E-state index in [1.165, 1.54) is 5.56 Å². The van der Waals surface area contributed by atoms with E-state index in [1.54, 1.807) is 7.11 Å². The predicted molar refractivity (Wildman–Crippen MR) is 110 cm³/mol. The summed E-state index contributed by atoms with van der Waals surface area (Å²) >= 11 is 0. The number of H-pyrrole nitrogens is 1. The second-order valence-corrected chi connectivity index (χ2v) is 8.85. The smallest absolute Gasteiger partial charge is 0.319 e. The maximum absolute atomic E-state index is 13.6. The summed E-state index contributed by atoms with van der Waals surface area (Å²) in [6.45, 7) is 4.40. The number of benzene rings is 1. The molecule has 0 spiro atoms. The topological polar surface area (TPSA) is 74.8 Å². The number of esters is 1. The van der Waals surface area contributed by atoms with Gasteiger partial charge < -0.3 is 19.6 Å². The van der Waals surface area contributed by atoms with Gasteiger partial charge in [-0.1, -0.05) is 0 Å². The van der Waals surface area contributed by atoms with Crippen LogP contribution >= 0.6 is 0 Å². The first-order chi connectivity index (χ1) is 14.1. The molecular weight excluding hydrogens is 368 g/mol. The lowest BCUT2D eigenvalue weighted by Crippen LogP contribution is -2.67. The van der Waals surface area contributed by atoms with E-state index in [1.807, 2.05) is 19.1 Å². The van der Waals surface area contributed by atoms with Crippen molar-refractivity contribution in [2.24, 2.45) is 11.8 Å². The molecule has 29 heavy (non-hydrogen) atoms. The Morgan fingerprint density at radius 3 is 3.03 bits per heavy atom. The number of hydrogen-bond donors (Lipinski definition) is 2. The maximum Gasteiger partial charge on any atom is 0.319 e.